The molecule has 0 saturated carbocycles. The van der Waals surface area contributed by atoms with Crippen LogP contribution in [0.1, 0.15) is 36.5 Å². The predicted molar refractivity (Wildman–Crippen MR) is 92.2 cm³/mol. The van der Waals surface area contributed by atoms with Crippen molar-refractivity contribution in [2.24, 2.45) is 0 Å². The maximum absolute atomic E-state index is 13.0. The summed E-state index contributed by atoms with van der Waals surface area (Å²) in [5, 5.41) is 11.0. The van der Waals surface area contributed by atoms with Crippen molar-refractivity contribution in [1.29, 1.82) is 0 Å². The molecule has 8 nitrogen and oxygen atoms in total. The number of sulfone groups is 1. The van der Waals surface area contributed by atoms with Crippen LogP contribution in [0, 0.1) is 0 Å². The quantitative estimate of drug-likeness (QED) is 0.762. The van der Waals surface area contributed by atoms with E-state index in [-0.39, 0.29) is 23.5 Å². The van der Waals surface area contributed by atoms with E-state index in [4.69, 9.17) is 0 Å². The van der Waals surface area contributed by atoms with Gasteiger partial charge in [0.15, 0.2) is 9.84 Å². The van der Waals surface area contributed by atoms with Gasteiger partial charge in [0.2, 0.25) is 0 Å². The van der Waals surface area contributed by atoms with Gasteiger partial charge < -0.3 is 4.90 Å². The smallest absolute Gasteiger partial charge is 0.254 e. The summed E-state index contributed by atoms with van der Waals surface area (Å²) in [5.41, 5.74) is 1.19. The Morgan fingerprint density at radius 2 is 2.24 bits per heavy atom. The summed E-state index contributed by atoms with van der Waals surface area (Å²) in [7, 11) is -3.05. The van der Waals surface area contributed by atoms with E-state index in [2.05, 4.69) is 15.5 Å². The monoisotopic (exact) mass is 363 g/mol. The van der Waals surface area contributed by atoms with Gasteiger partial charge in [-0.05, 0) is 41.5 Å². The fourth-order valence-electron chi connectivity index (χ4n) is 3.03. The van der Waals surface area contributed by atoms with Crippen molar-refractivity contribution in [3.05, 3.63) is 36.2 Å². The van der Waals surface area contributed by atoms with Gasteiger partial charge in [-0.3, -0.25) is 4.79 Å². The van der Waals surface area contributed by atoms with Gasteiger partial charge in [0.1, 0.15) is 6.33 Å². The van der Waals surface area contributed by atoms with Gasteiger partial charge in [-0.1, -0.05) is 19.4 Å². The van der Waals surface area contributed by atoms with Gasteiger partial charge in [0.25, 0.3) is 5.91 Å². The number of aromatic nitrogens is 4. The zero-order valence-electron chi connectivity index (χ0n) is 14.1. The van der Waals surface area contributed by atoms with E-state index in [0.29, 0.717) is 24.2 Å². The number of hydrogen-bond acceptors (Lipinski definition) is 6. The lowest BCUT2D eigenvalue weighted by atomic mass is 10.1. The average molecular weight is 363 g/mol. The molecule has 1 saturated heterocycles. The number of rotatable bonds is 6. The van der Waals surface area contributed by atoms with Crippen LogP contribution in [0.25, 0.3) is 5.69 Å². The molecular formula is C16H21N5O3S. The highest BCUT2D eigenvalue weighted by molar-refractivity contribution is 7.91. The third kappa shape index (κ3) is 4.04. The second-order valence-corrected chi connectivity index (χ2v) is 8.44. The molecule has 9 heteroatoms. The standard InChI is InChI=1S/C16H21N5O3S/c1-2-3-8-20(15-7-9-25(23,24)11-15)16(22)13-5-4-6-14(10-13)21-12-17-18-19-21/h4-6,10,12,15H,2-3,7-9,11H2,1H3. The number of unbranched alkanes of at least 4 members (excludes halogenated alkanes) is 1. The molecule has 1 unspecified atom stereocenters. The summed E-state index contributed by atoms with van der Waals surface area (Å²) in [4.78, 5) is 14.8. The van der Waals surface area contributed by atoms with Gasteiger partial charge in [-0.2, -0.15) is 0 Å². The van der Waals surface area contributed by atoms with Crippen molar-refractivity contribution in [1.82, 2.24) is 25.1 Å². The first-order valence-electron chi connectivity index (χ1n) is 8.35. The Morgan fingerprint density at radius 3 is 2.88 bits per heavy atom. The number of benzene rings is 1. The number of tetrazole rings is 1. The molecule has 1 fully saturated rings. The van der Waals surface area contributed by atoms with Crippen LogP contribution >= 0.6 is 0 Å². The fourth-order valence-corrected chi connectivity index (χ4v) is 4.76. The molecule has 0 bridgehead atoms. The molecule has 1 amide bonds. The Bertz CT molecular complexity index is 835. The van der Waals surface area contributed by atoms with Crippen LogP contribution in [0.3, 0.4) is 0 Å². The third-order valence-electron chi connectivity index (χ3n) is 4.37. The number of carbonyl (C=O) groups is 1. The van der Waals surface area contributed by atoms with Crippen molar-refractivity contribution in [3.63, 3.8) is 0 Å². The Morgan fingerprint density at radius 1 is 1.40 bits per heavy atom. The lowest BCUT2D eigenvalue weighted by molar-refractivity contribution is 0.0694. The van der Waals surface area contributed by atoms with Gasteiger partial charge in [-0.15, -0.1) is 5.10 Å². The summed E-state index contributed by atoms with van der Waals surface area (Å²) in [6.07, 6.45) is 3.75. The van der Waals surface area contributed by atoms with Gasteiger partial charge in [0.05, 0.1) is 17.2 Å². The van der Waals surface area contributed by atoms with Crippen LogP contribution in [-0.2, 0) is 9.84 Å². The summed E-state index contributed by atoms with van der Waals surface area (Å²) >= 11 is 0. The van der Waals surface area contributed by atoms with Crippen molar-refractivity contribution >= 4 is 15.7 Å². The molecule has 134 valence electrons. The van der Waals surface area contributed by atoms with Gasteiger partial charge >= 0.3 is 0 Å². The van der Waals surface area contributed by atoms with Crippen LogP contribution in [0.4, 0.5) is 0 Å². The minimum atomic E-state index is -3.05. The Labute approximate surface area is 146 Å². The van der Waals surface area contributed by atoms with E-state index in [0.717, 1.165) is 12.8 Å². The van der Waals surface area contributed by atoms with E-state index < -0.39 is 9.84 Å². The highest BCUT2D eigenvalue weighted by Crippen LogP contribution is 2.21. The Balaban J connectivity index is 1.86. The highest BCUT2D eigenvalue weighted by Gasteiger charge is 2.34. The van der Waals surface area contributed by atoms with Crippen molar-refractivity contribution in [2.45, 2.75) is 32.2 Å². The van der Waals surface area contributed by atoms with Crippen LogP contribution < -0.4 is 0 Å². The summed E-state index contributed by atoms with van der Waals surface area (Å²) in [5.74, 6) is 0.0541. The molecule has 1 aliphatic rings. The normalized spacial score (nSPS) is 19.0. The molecule has 3 rings (SSSR count). The molecule has 0 radical (unpaired) electrons. The Hall–Kier alpha value is -2.29. The third-order valence-corrected chi connectivity index (χ3v) is 6.12. The lowest BCUT2D eigenvalue weighted by Gasteiger charge is -2.28. The predicted octanol–water partition coefficient (Wildman–Crippen LogP) is 1.09. The summed E-state index contributed by atoms with van der Waals surface area (Å²) in [6.45, 7) is 2.61. The topological polar surface area (TPSA) is 98.1 Å². The van der Waals surface area contributed by atoms with E-state index in [1.165, 1.54) is 11.0 Å². The van der Waals surface area contributed by atoms with E-state index in [1.54, 1.807) is 23.1 Å². The second kappa shape index (κ2) is 7.30. The molecule has 0 aliphatic carbocycles. The summed E-state index contributed by atoms with van der Waals surface area (Å²) < 4.78 is 25.1. The summed E-state index contributed by atoms with van der Waals surface area (Å²) in [6, 6.07) is 6.79. The maximum Gasteiger partial charge on any atom is 0.254 e. The number of carbonyl (C=O) groups excluding carboxylic acids is 1. The number of nitrogens with zero attached hydrogens (tertiary/aromatic N) is 5. The van der Waals surface area contributed by atoms with Crippen molar-refractivity contribution < 1.29 is 13.2 Å². The molecule has 0 spiro atoms. The number of hydrogen-bond donors (Lipinski definition) is 0. The minimum absolute atomic E-state index is 0.0507. The first kappa shape index (κ1) is 17.5. The average Bonchev–Trinajstić information content (AvgIpc) is 3.25. The largest absolute Gasteiger partial charge is 0.335 e. The van der Waals surface area contributed by atoms with Crippen LogP contribution in [-0.4, -0.2) is 63.5 Å². The van der Waals surface area contributed by atoms with E-state index in [1.807, 2.05) is 13.0 Å². The van der Waals surface area contributed by atoms with Crippen LogP contribution in [0.2, 0.25) is 0 Å². The fraction of sp³-hybridized carbons (Fsp3) is 0.500. The molecule has 2 heterocycles. The first-order valence-corrected chi connectivity index (χ1v) is 10.2. The van der Waals surface area contributed by atoms with Gasteiger partial charge in [0, 0.05) is 18.2 Å². The highest BCUT2D eigenvalue weighted by atomic mass is 32.2. The number of amides is 1. The van der Waals surface area contributed by atoms with Crippen LogP contribution in [0.5, 0.6) is 0 Å². The SMILES string of the molecule is CCCCN(C(=O)c1cccc(-n2cnnn2)c1)C1CCS(=O)(=O)C1. The zero-order valence-corrected chi connectivity index (χ0v) is 14.9. The van der Waals surface area contributed by atoms with E-state index in [9.17, 15) is 13.2 Å². The van der Waals surface area contributed by atoms with Crippen molar-refractivity contribution in [2.75, 3.05) is 18.1 Å². The molecule has 1 aliphatic heterocycles. The molecule has 1 aromatic heterocycles. The molecule has 25 heavy (non-hydrogen) atoms. The molecule has 1 atom stereocenters. The molecular weight excluding hydrogens is 342 g/mol. The molecule has 1 aromatic carbocycles. The van der Waals surface area contributed by atoms with Crippen LogP contribution in [0.15, 0.2) is 30.6 Å². The molecule has 2 aromatic rings. The van der Waals surface area contributed by atoms with Crippen molar-refractivity contribution in [3.8, 4) is 5.69 Å². The first-order chi connectivity index (χ1) is 12.0. The van der Waals surface area contributed by atoms with Gasteiger partial charge in [-0.25, -0.2) is 13.1 Å². The van der Waals surface area contributed by atoms with E-state index >= 15 is 0 Å². The Kier molecular flexibility index (Phi) is 5.12. The second-order valence-electron chi connectivity index (χ2n) is 6.21. The lowest BCUT2D eigenvalue weighted by Crippen LogP contribution is -2.41. The molecule has 0 N–H and O–H groups in total. The minimum Gasteiger partial charge on any atom is -0.335 e. The zero-order chi connectivity index (χ0) is 17.9. The maximum atomic E-state index is 13.0.